The van der Waals surface area contributed by atoms with Gasteiger partial charge in [-0.15, -0.1) is 0 Å². The zero-order chi connectivity index (χ0) is 13.5. The lowest BCUT2D eigenvalue weighted by Crippen LogP contribution is -2.04. The number of hydrogen-bond donors (Lipinski definition) is 0. The van der Waals surface area contributed by atoms with Crippen LogP contribution in [-0.4, -0.2) is 15.0 Å². The summed E-state index contributed by atoms with van der Waals surface area (Å²) in [4.78, 5) is 11.6. The molecule has 0 aliphatic carbocycles. The minimum absolute atomic E-state index is 0.0497. The lowest BCUT2D eigenvalue weighted by molar-refractivity contribution is -0.137. The van der Waals surface area contributed by atoms with E-state index in [1.807, 2.05) is 0 Å². The van der Waals surface area contributed by atoms with E-state index >= 15 is 0 Å². The van der Waals surface area contributed by atoms with Gasteiger partial charge in [-0.3, -0.25) is 4.98 Å². The average Bonchev–Trinajstić information content (AvgIpc) is 2.81. The van der Waals surface area contributed by atoms with Crippen LogP contribution in [0.1, 0.15) is 5.56 Å². The molecular formula is C12H6F3N3O. The van der Waals surface area contributed by atoms with Gasteiger partial charge in [-0.1, -0.05) is 6.07 Å². The Labute approximate surface area is 104 Å². The number of halogens is 3. The standard InChI is InChI=1S/C12H6F3N3O/c13-12(14,15)7-5-9-10(17-6-7)19-11(18-9)8-3-1-2-4-16-8/h1-6H. The van der Waals surface area contributed by atoms with Crippen LogP contribution in [0.15, 0.2) is 41.1 Å². The molecule has 0 aliphatic rings. The van der Waals surface area contributed by atoms with Crippen molar-refractivity contribution in [3.63, 3.8) is 0 Å². The zero-order valence-electron chi connectivity index (χ0n) is 9.35. The molecule has 0 N–H and O–H groups in total. The maximum absolute atomic E-state index is 12.5. The van der Waals surface area contributed by atoms with Gasteiger partial charge in [-0.05, 0) is 18.2 Å². The first kappa shape index (κ1) is 11.6. The Morgan fingerprint density at radius 1 is 1.11 bits per heavy atom. The second kappa shape index (κ2) is 4.04. The highest BCUT2D eigenvalue weighted by Crippen LogP contribution is 2.31. The fourth-order valence-electron chi connectivity index (χ4n) is 1.58. The van der Waals surface area contributed by atoms with Crippen LogP contribution >= 0.6 is 0 Å². The van der Waals surface area contributed by atoms with Gasteiger partial charge in [0.15, 0.2) is 0 Å². The fourth-order valence-corrected chi connectivity index (χ4v) is 1.58. The van der Waals surface area contributed by atoms with E-state index < -0.39 is 11.7 Å². The van der Waals surface area contributed by atoms with E-state index in [0.717, 1.165) is 12.3 Å². The van der Waals surface area contributed by atoms with Crippen molar-refractivity contribution in [3.8, 4) is 11.6 Å². The van der Waals surface area contributed by atoms with E-state index in [0.29, 0.717) is 5.69 Å². The number of rotatable bonds is 1. The first-order valence-electron chi connectivity index (χ1n) is 5.29. The van der Waals surface area contributed by atoms with Crippen LogP contribution in [0.5, 0.6) is 0 Å². The number of pyridine rings is 2. The van der Waals surface area contributed by atoms with Crippen LogP contribution in [0.2, 0.25) is 0 Å². The quantitative estimate of drug-likeness (QED) is 0.677. The molecule has 0 aliphatic heterocycles. The van der Waals surface area contributed by atoms with Crippen LogP contribution in [-0.2, 0) is 6.18 Å². The number of aromatic nitrogens is 3. The molecule has 3 heterocycles. The predicted octanol–water partition coefficient (Wildman–Crippen LogP) is 3.30. The SMILES string of the molecule is FC(F)(F)c1cnc2oc(-c3ccccn3)nc2c1. The van der Waals surface area contributed by atoms with E-state index in [2.05, 4.69) is 15.0 Å². The summed E-state index contributed by atoms with van der Waals surface area (Å²) >= 11 is 0. The average molecular weight is 265 g/mol. The second-order valence-electron chi connectivity index (χ2n) is 3.78. The van der Waals surface area contributed by atoms with Gasteiger partial charge in [0.2, 0.25) is 11.6 Å². The molecule has 0 atom stereocenters. The Morgan fingerprint density at radius 3 is 2.63 bits per heavy atom. The summed E-state index contributed by atoms with van der Waals surface area (Å²) < 4.78 is 42.9. The molecule has 0 spiro atoms. The van der Waals surface area contributed by atoms with Crippen molar-refractivity contribution in [3.05, 3.63) is 42.2 Å². The Kier molecular flexibility index (Phi) is 2.48. The summed E-state index contributed by atoms with van der Waals surface area (Å²) in [7, 11) is 0. The maximum atomic E-state index is 12.5. The van der Waals surface area contributed by atoms with Gasteiger partial charge < -0.3 is 4.42 Å². The smallest absolute Gasteiger partial charge is 0.416 e. The van der Waals surface area contributed by atoms with Crippen LogP contribution in [0.4, 0.5) is 13.2 Å². The van der Waals surface area contributed by atoms with Crippen molar-refractivity contribution in [2.45, 2.75) is 6.18 Å². The molecule has 0 bridgehead atoms. The zero-order valence-corrected chi connectivity index (χ0v) is 9.35. The van der Waals surface area contributed by atoms with Gasteiger partial charge in [0.05, 0.1) is 5.56 Å². The summed E-state index contributed by atoms with van der Waals surface area (Å²) in [6, 6.07) is 5.99. The van der Waals surface area contributed by atoms with Gasteiger partial charge in [0, 0.05) is 12.4 Å². The van der Waals surface area contributed by atoms with Crippen LogP contribution in [0.3, 0.4) is 0 Å². The molecule has 3 rings (SSSR count). The number of hydrogen-bond acceptors (Lipinski definition) is 4. The number of fused-ring (bicyclic) bond motifs is 1. The third kappa shape index (κ3) is 2.14. The Bertz CT molecular complexity index is 722. The first-order chi connectivity index (χ1) is 9.04. The number of alkyl halides is 3. The largest absolute Gasteiger partial charge is 0.417 e. The first-order valence-corrected chi connectivity index (χ1v) is 5.29. The maximum Gasteiger partial charge on any atom is 0.417 e. The molecule has 3 aromatic heterocycles. The third-order valence-electron chi connectivity index (χ3n) is 2.46. The van der Waals surface area contributed by atoms with E-state index in [1.54, 1.807) is 24.4 Å². The van der Waals surface area contributed by atoms with Gasteiger partial charge in [0.1, 0.15) is 11.2 Å². The molecule has 0 fully saturated rings. The second-order valence-corrected chi connectivity index (χ2v) is 3.78. The van der Waals surface area contributed by atoms with E-state index in [9.17, 15) is 13.2 Å². The van der Waals surface area contributed by atoms with Gasteiger partial charge in [0.25, 0.3) is 0 Å². The normalized spacial score (nSPS) is 11.9. The predicted molar refractivity (Wildman–Crippen MR) is 60.0 cm³/mol. The lowest BCUT2D eigenvalue weighted by atomic mass is 10.2. The van der Waals surface area contributed by atoms with E-state index in [1.165, 1.54) is 0 Å². The minimum Gasteiger partial charge on any atom is -0.416 e. The molecule has 0 aromatic carbocycles. The molecule has 96 valence electrons. The summed E-state index contributed by atoms with van der Waals surface area (Å²) in [6.07, 6.45) is -2.19. The summed E-state index contributed by atoms with van der Waals surface area (Å²) in [5.41, 5.74) is -0.320. The van der Waals surface area contributed by atoms with Crippen molar-refractivity contribution in [2.24, 2.45) is 0 Å². The van der Waals surface area contributed by atoms with Crippen molar-refractivity contribution < 1.29 is 17.6 Å². The Morgan fingerprint density at radius 2 is 1.95 bits per heavy atom. The van der Waals surface area contributed by atoms with Crippen molar-refractivity contribution in [1.29, 1.82) is 0 Å². The van der Waals surface area contributed by atoms with Crippen molar-refractivity contribution in [1.82, 2.24) is 15.0 Å². The number of oxazole rings is 1. The minimum atomic E-state index is -4.45. The van der Waals surface area contributed by atoms with Crippen molar-refractivity contribution >= 4 is 11.2 Å². The molecule has 7 heteroatoms. The highest BCUT2D eigenvalue weighted by Gasteiger charge is 2.31. The summed E-state index contributed by atoms with van der Waals surface area (Å²) in [5, 5.41) is 0. The Balaban J connectivity index is 2.12. The fraction of sp³-hybridized carbons (Fsp3) is 0.0833. The van der Waals surface area contributed by atoms with Crippen LogP contribution in [0.25, 0.3) is 22.8 Å². The van der Waals surface area contributed by atoms with Gasteiger partial charge in [-0.2, -0.15) is 13.2 Å². The summed E-state index contributed by atoms with van der Waals surface area (Å²) in [5.74, 6) is 0.141. The highest BCUT2D eigenvalue weighted by atomic mass is 19.4. The highest BCUT2D eigenvalue weighted by molar-refractivity contribution is 5.72. The van der Waals surface area contributed by atoms with Crippen LogP contribution in [0, 0.1) is 0 Å². The van der Waals surface area contributed by atoms with Crippen molar-refractivity contribution in [2.75, 3.05) is 0 Å². The summed E-state index contributed by atoms with van der Waals surface area (Å²) in [6.45, 7) is 0. The molecule has 0 saturated carbocycles. The molecule has 4 nitrogen and oxygen atoms in total. The van der Waals surface area contributed by atoms with E-state index in [4.69, 9.17) is 4.42 Å². The number of nitrogens with zero attached hydrogens (tertiary/aromatic N) is 3. The molecule has 0 saturated heterocycles. The molecule has 0 amide bonds. The molecule has 0 radical (unpaired) electrons. The van der Waals surface area contributed by atoms with Gasteiger partial charge in [-0.25, -0.2) is 9.97 Å². The van der Waals surface area contributed by atoms with Crippen LogP contribution < -0.4 is 0 Å². The molecule has 3 aromatic rings. The third-order valence-corrected chi connectivity index (χ3v) is 2.46. The molecular weight excluding hydrogens is 259 g/mol. The Hall–Kier alpha value is -2.44. The lowest BCUT2D eigenvalue weighted by Gasteiger charge is -2.03. The monoisotopic (exact) mass is 265 g/mol. The topological polar surface area (TPSA) is 51.8 Å². The molecule has 19 heavy (non-hydrogen) atoms. The van der Waals surface area contributed by atoms with E-state index in [-0.39, 0.29) is 17.1 Å². The molecule has 0 unspecified atom stereocenters. The van der Waals surface area contributed by atoms with Gasteiger partial charge >= 0.3 is 6.18 Å².